The molecule has 0 bridgehead atoms. The first kappa shape index (κ1) is 12.4. The summed E-state index contributed by atoms with van der Waals surface area (Å²) in [7, 11) is -1.41. The van der Waals surface area contributed by atoms with E-state index in [4.69, 9.17) is 0 Å². The van der Waals surface area contributed by atoms with Gasteiger partial charge in [0.1, 0.15) is 0 Å². The van der Waals surface area contributed by atoms with Gasteiger partial charge in [0.05, 0.1) is 13.0 Å². The number of Topliss-reactive ketones (excluding diaryl/α,β-unsaturated/α-hetero) is 1. The molecular weight excluding hydrogens is 220 g/mol. The average Bonchev–Trinajstić information content (AvgIpc) is 2.65. The predicted molar refractivity (Wildman–Crippen MR) is 70.3 cm³/mol. The molecular formula is C12H18OSSi. The number of carbonyl (C=O) groups is 1. The van der Waals surface area contributed by atoms with Crippen LogP contribution >= 0.6 is 11.3 Å². The molecule has 0 saturated carbocycles. The van der Waals surface area contributed by atoms with Crippen LogP contribution in [0.2, 0.25) is 19.6 Å². The van der Waals surface area contributed by atoms with Crippen molar-refractivity contribution in [2.75, 3.05) is 0 Å². The zero-order valence-corrected chi connectivity index (χ0v) is 11.6. The molecule has 1 nitrogen and oxygen atoms in total. The Hall–Kier alpha value is -0.673. The average molecular weight is 238 g/mol. The maximum Gasteiger partial charge on any atom is 0.179 e. The summed E-state index contributed by atoms with van der Waals surface area (Å²) < 4.78 is 0. The van der Waals surface area contributed by atoms with Gasteiger partial charge in [-0.1, -0.05) is 37.8 Å². The number of carbonyl (C=O) groups excluding carboxylic acids is 1. The third-order valence-electron chi connectivity index (χ3n) is 2.64. The van der Waals surface area contributed by atoms with E-state index in [0.717, 1.165) is 10.1 Å². The summed E-state index contributed by atoms with van der Waals surface area (Å²) in [5.41, 5.74) is 0. The Morgan fingerprint density at radius 3 is 2.47 bits per heavy atom. The molecule has 1 aromatic rings. The van der Waals surface area contributed by atoms with E-state index in [1.165, 1.54) is 11.3 Å². The molecule has 1 atom stereocenters. The topological polar surface area (TPSA) is 17.1 Å². The van der Waals surface area contributed by atoms with Crippen LogP contribution in [0.5, 0.6) is 0 Å². The minimum atomic E-state index is -1.41. The highest BCUT2D eigenvalue weighted by molar-refractivity contribution is 7.12. The zero-order chi connectivity index (χ0) is 11.6. The first-order chi connectivity index (χ1) is 6.84. The predicted octanol–water partition coefficient (Wildman–Crippen LogP) is 4.00. The molecule has 15 heavy (non-hydrogen) atoms. The van der Waals surface area contributed by atoms with Crippen LogP contribution in [0.15, 0.2) is 29.3 Å². The second-order valence-electron chi connectivity index (χ2n) is 4.84. The molecule has 3 heteroatoms. The number of hydrogen-bond donors (Lipinski definition) is 0. The molecule has 1 unspecified atom stereocenters. The molecule has 0 aliphatic heterocycles. The van der Waals surface area contributed by atoms with Crippen molar-refractivity contribution in [2.45, 2.75) is 26.6 Å². The van der Waals surface area contributed by atoms with Crippen molar-refractivity contribution in [1.29, 1.82) is 0 Å². The molecule has 0 aliphatic carbocycles. The highest BCUT2D eigenvalue weighted by Gasteiger charge is 2.27. The van der Waals surface area contributed by atoms with E-state index in [1.54, 1.807) is 0 Å². The molecule has 1 rings (SSSR count). The summed E-state index contributed by atoms with van der Waals surface area (Å²) in [6.07, 6.45) is 0. The number of hydrogen-bond acceptors (Lipinski definition) is 2. The normalized spacial score (nSPS) is 13.6. The SMILES string of the molecule is C=C(C(C)C(=O)c1cccs1)[Si](C)(C)C. The van der Waals surface area contributed by atoms with Crippen molar-refractivity contribution >= 4 is 25.2 Å². The smallest absolute Gasteiger partial charge is 0.179 e. The highest BCUT2D eigenvalue weighted by Crippen LogP contribution is 2.25. The fraction of sp³-hybridized carbons (Fsp3) is 0.417. The van der Waals surface area contributed by atoms with Crippen LogP contribution in [-0.4, -0.2) is 13.9 Å². The third-order valence-corrected chi connectivity index (χ3v) is 5.89. The molecule has 0 amide bonds. The van der Waals surface area contributed by atoms with Gasteiger partial charge in [0.2, 0.25) is 0 Å². The van der Waals surface area contributed by atoms with Gasteiger partial charge < -0.3 is 0 Å². The molecule has 0 spiro atoms. The maximum atomic E-state index is 12.1. The minimum Gasteiger partial charge on any atom is -0.293 e. The standard InChI is InChI=1S/C12H18OSSi/c1-9(10(2)15(3,4)5)12(13)11-7-6-8-14-11/h6-9H,2H2,1,3-5H3. The molecule has 82 valence electrons. The fourth-order valence-electron chi connectivity index (χ4n) is 1.44. The first-order valence-electron chi connectivity index (χ1n) is 5.11. The van der Waals surface area contributed by atoms with Gasteiger partial charge in [-0.2, -0.15) is 0 Å². The monoisotopic (exact) mass is 238 g/mol. The lowest BCUT2D eigenvalue weighted by Gasteiger charge is -2.24. The lowest BCUT2D eigenvalue weighted by atomic mass is 10.1. The van der Waals surface area contributed by atoms with Crippen LogP contribution in [0.3, 0.4) is 0 Å². The van der Waals surface area contributed by atoms with E-state index < -0.39 is 8.07 Å². The molecule has 0 radical (unpaired) electrons. The van der Waals surface area contributed by atoms with Crippen molar-refractivity contribution < 1.29 is 4.79 Å². The summed E-state index contributed by atoms with van der Waals surface area (Å²) in [5, 5.41) is 3.08. The van der Waals surface area contributed by atoms with E-state index >= 15 is 0 Å². The number of rotatable bonds is 4. The summed E-state index contributed by atoms with van der Waals surface area (Å²) in [6, 6.07) is 3.81. The molecule has 0 aliphatic rings. The second-order valence-corrected chi connectivity index (χ2v) is 10.9. The number of ketones is 1. The van der Waals surface area contributed by atoms with Gasteiger partial charge in [-0.25, -0.2) is 0 Å². The Morgan fingerprint density at radius 1 is 1.47 bits per heavy atom. The Bertz CT molecular complexity index is 359. The van der Waals surface area contributed by atoms with Gasteiger partial charge in [-0.3, -0.25) is 4.79 Å². The molecule has 0 N–H and O–H groups in total. The maximum absolute atomic E-state index is 12.1. The van der Waals surface area contributed by atoms with Crippen LogP contribution in [0.1, 0.15) is 16.6 Å². The van der Waals surface area contributed by atoms with Gasteiger partial charge in [-0.05, 0) is 11.4 Å². The van der Waals surface area contributed by atoms with Gasteiger partial charge in [0.15, 0.2) is 5.78 Å². The van der Waals surface area contributed by atoms with Crippen molar-refractivity contribution in [3.05, 3.63) is 34.2 Å². The molecule has 0 fully saturated rings. The van der Waals surface area contributed by atoms with E-state index in [0.29, 0.717) is 0 Å². The van der Waals surface area contributed by atoms with Crippen LogP contribution in [0, 0.1) is 5.92 Å². The van der Waals surface area contributed by atoms with Gasteiger partial charge in [-0.15, -0.1) is 17.9 Å². The summed E-state index contributed by atoms with van der Waals surface area (Å²) in [5.74, 6) is 0.188. The summed E-state index contributed by atoms with van der Waals surface area (Å²) >= 11 is 1.51. The third kappa shape index (κ3) is 2.89. The highest BCUT2D eigenvalue weighted by atomic mass is 32.1. The minimum absolute atomic E-state index is 0.0321. The summed E-state index contributed by atoms with van der Waals surface area (Å²) in [6.45, 7) is 12.8. The van der Waals surface area contributed by atoms with Crippen LogP contribution < -0.4 is 0 Å². The Labute approximate surface area is 96.8 Å². The summed E-state index contributed by atoms with van der Waals surface area (Å²) in [4.78, 5) is 12.9. The van der Waals surface area contributed by atoms with Gasteiger partial charge in [0.25, 0.3) is 0 Å². The second kappa shape index (κ2) is 4.45. The Morgan fingerprint density at radius 2 is 2.07 bits per heavy atom. The number of allylic oxidation sites excluding steroid dienone is 1. The lowest BCUT2D eigenvalue weighted by molar-refractivity contribution is 0.0955. The van der Waals surface area contributed by atoms with Crippen molar-refractivity contribution in [2.24, 2.45) is 5.92 Å². The van der Waals surface area contributed by atoms with E-state index in [1.807, 2.05) is 24.4 Å². The van der Waals surface area contributed by atoms with E-state index in [2.05, 4.69) is 26.2 Å². The number of thiophene rings is 1. The Kier molecular flexibility index (Phi) is 3.68. The van der Waals surface area contributed by atoms with Crippen LogP contribution in [0.4, 0.5) is 0 Å². The fourth-order valence-corrected chi connectivity index (χ4v) is 3.62. The van der Waals surface area contributed by atoms with Crippen molar-refractivity contribution in [3.8, 4) is 0 Å². The van der Waals surface area contributed by atoms with Crippen molar-refractivity contribution in [3.63, 3.8) is 0 Å². The molecule has 1 heterocycles. The first-order valence-corrected chi connectivity index (χ1v) is 9.49. The molecule has 0 aromatic carbocycles. The van der Waals surface area contributed by atoms with Crippen LogP contribution in [-0.2, 0) is 0 Å². The van der Waals surface area contributed by atoms with Crippen molar-refractivity contribution in [1.82, 2.24) is 0 Å². The molecule has 0 saturated heterocycles. The largest absolute Gasteiger partial charge is 0.293 e. The van der Waals surface area contributed by atoms with Gasteiger partial charge in [0, 0.05) is 5.92 Å². The van der Waals surface area contributed by atoms with E-state index in [-0.39, 0.29) is 11.7 Å². The quantitative estimate of drug-likeness (QED) is 0.572. The zero-order valence-electron chi connectivity index (χ0n) is 9.83. The van der Waals surface area contributed by atoms with Crippen LogP contribution in [0.25, 0.3) is 0 Å². The van der Waals surface area contributed by atoms with Gasteiger partial charge >= 0.3 is 0 Å². The molecule has 1 aromatic heterocycles. The Balaban J connectivity index is 2.83. The van der Waals surface area contributed by atoms with E-state index in [9.17, 15) is 4.79 Å². The lowest BCUT2D eigenvalue weighted by Crippen LogP contribution is -2.30.